The Balaban J connectivity index is 1.31. The van der Waals surface area contributed by atoms with Gasteiger partial charge in [-0.15, -0.1) is 6.58 Å². The third-order valence-corrected chi connectivity index (χ3v) is 6.83. The zero-order valence-electron chi connectivity index (χ0n) is 24.6. The molecule has 0 aliphatic carbocycles. The molecule has 226 valence electrons. The summed E-state index contributed by atoms with van der Waals surface area (Å²) in [7, 11) is 0. The van der Waals surface area contributed by atoms with Crippen LogP contribution in [0.5, 0.6) is 5.75 Å². The van der Waals surface area contributed by atoms with Gasteiger partial charge in [-0.25, -0.2) is 0 Å². The Morgan fingerprint density at radius 1 is 1.00 bits per heavy atom. The van der Waals surface area contributed by atoms with E-state index in [9.17, 15) is 9.90 Å². The van der Waals surface area contributed by atoms with Gasteiger partial charge in [-0.1, -0.05) is 65.0 Å². The number of hydrogen-bond donors (Lipinski definition) is 1. The van der Waals surface area contributed by atoms with Gasteiger partial charge in [-0.3, -0.25) is 4.79 Å². The lowest BCUT2D eigenvalue weighted by Crippen LogP contribution is -2.42. The van der Waals surface area contributed by atoms with Crippen LogP contribution < -0.4 is 4.74 Å². The molecule has 2 aliphatic heterocycles. The first kappa shape index (κ1) is 31.8. The molecule has 6 atom stereocenters. The fraction of sp³-hybridized carbons (Fsp3) is 0.371. The topological polar surface area (TPSA) is 95.8 Å². The number of ether oxygens (including phenoxy) is 4. The Bertz CT molecular complexity index is 1340. The van der Waals surface area contributed by atoms with Gasteiger partial charge < -0.3 is 28.9 Å². The lowest BCUT2D eigenvalue weighted by molar-refractivity contribution is -0.151. The second-order valence-electron chi connectivity index (χ2n) is 10.4. The van der Waals surface area contributed by atoms with E-state index in [1.165, 1.54) is 0 Å². The van der Waals surface area contributed by atoms with Crippen molar-refractivity contribution < 1.29 is 33.7 Å². The predicted molar refractivity (Wildman–Crippen MR) is 165 cm³/mol. The summed E-state index contributed by atoms with van der Waals surface area (Å²) in [6.45, 7) is 7.30. The summed E-state index contributed by atoms with van der Waals surface area (Å²) in [6, 6.07) is 17.4. The highest BCUT2D eigenvalue weighted by Crippen LogP contribution is 2.22. The monoisotopic (exact) mass is 585 g/mol. The molecular weight excluding hydrogens is 546 g/mol. The Morgan fingerprint density at radius 2 is 1.77 bits per heavy atom. The quantitative estimate of drug-likeness (QED) is 0.122. The standard InChI is InChI=1S/C35H39NO7/c1-4-8-28-19-21-32(33(23-37)41-28)43-36-26(3)13-22-35(38)39-24-34-31(40-29-15-11-25(2)12-16-29)20-18-30(42-34)17-14-27-9-6-5-7-10-27/h4-7,9-12,15-16,18-21,28,30-34,37H,1,8,13,22-24H2,2-3H3/t28-,30-,31+,32+,33-,34-/m1/s1. The van der Waals surface area contributed by atoms with Crippen molar-refractivity contribution in [1.29, 1.82) is 0 Å². The number of esters is 1. The van der Waals surface area contributed by atoms with Crippen LogP contribution in [0.2, 0.25) is 0 Å². The molecule has 0 bridgehead atoms. The van der Waals surface area contributed by atoms with Crippen LogP contribution >= 0.6 is 0 Å². The van der Waals surface area contributed by atoms with Gasteiger partial charge in [0.1, 0.15) is 36.8 Å². The van der Waals surface area contributed by atoms with Crippen molar-refractivity contribution in [2.45, 2.75) is 69.7 Å². The van der Waals surface area contributed by atoms with Gasteiger partial charge in [0.25, 0.3) is 0 Å². The molecule has 2 aromatic carbocycles. The third-order valence-electron chi connectivity index (χ3n) is 6.83. The molecule has 8 nitrogen and oxygen atoms in total. The molecule has 0 spiro atoms. The summed E-state index contributed by atoms with van der Waals surface area (Å²) < 4.78 is 23.8. The SMILES string of the molecule is C=CC[C@@H]1C=C[C@H](ON=C(C)CCC(=O)OC[C@H]2O[C@H](C#Cc3ccccc3)C=C[C@@H]2Oc2ccc(C)cc2)[C@@H](CO)O1. The highest BCUT2D eigenvalue weighted by Gasteiger charge is 2.30. The summed E-state index contributed by atoms with van der Waals surface area (Å²) >= 11 is 0. The molecule has 0 fully saturated rings. The van der Waals surface area contributed by atoms with Crippen LogP contribution in [-0.4, -0.2) is 66.6 Å². The minimum atomic E-state index is -0.554. The molecule has 0 amide bonds. The van der Waals surface area contributed by atoms with Gasteiger partial charge in [0.15, 0.2) is 6.10 Å². The lowest BCUT2D eigenvalue weighted by Gasteiger charge is -2.30. The normalized spacial score (nSPS) is 24.9. The van der Waals surface area contributed by atoms with Crippen molar-refractivity contribution in [3.8, 4) is 17.6 Å². The van der Waals surface area contributed by atoms with Crippen LogP contribution in [0.15, 0.2) is 96.7 Å². The van der Waals surface area contributed by atoms with Crippen LogP contribution in [0.25, 0.3) is 0 Å². The lowest BCUT2D eigenvalue weighted by atomic mass is 10.1. The molecule has 0 unspecified atom stereocenters. The number of benzene rings is 2. The molecule has 8 heteroatoms. The van der Waals surface area contributed by atoms with E-state index in [-0.39, 0.29) is 25.7 Å². The molecule has 0 radical (unpaired) electrons. The van der Waals surface area contributed by atoms with E-state index in [0.717, 1.165) is 11.1 Å². The van der Waals surface area contributed by atoms with Gasteiger partial charge >= 0.3 is 5.97 Å². The van der Waals surface area contributed by atoms with E-state index in [1.54, 1.807) is 13.0 Å². The molecule has 2 aromatic rings. The Hall–Kier alpha value is -4.16. The number of carbonyl (C=O) groups excluding carboxylic acids is 1. The van der Waals surface area contributed by atoms with Gasteiger partial charge in [-0.2, -0.15) is 0 Å². The first-order valence-corrected chi connectivity index (χ1v) is 14.5. The highest BCUT2D eigenvalue weighted by molar-refractivity contribution is 5.85. The zero-order valence-corrected chi connectivity index (χ0v) is 24.6. The third kappa shape index (κ3) is 10.3. The van der Waals surface area contributed by atoms with Crippen LogP contribution in [0.1, 0.15) is 37.3 Å². The second-order valence-corrected chi connectivity index (χ2v) is 10.4. The van der Waals surface area contributed by atoms with Crippen molar-refractivity contribution in [2.24, 2.45) is 5.16 Å². The van der Waals surface area contributed by atoms with Crippen LogP contribution in [-0.2, 0) is 23.8 Å². The number of aliphatic hydroxyl groups is 1. The van der Waals surface area contributed by atoms with E-state index < -0.39 is 36.5 Å². The van der Waals surface area contributed by atoms with E-state index in [4.69, 9.17) is 23.8 Å². The maximum absolute atomic E-state index is 12.7. The largest absolute Gasteiger partial charge is 0.483 e. The summed E-state index contributed by atoms with van der Waals surface area (Å²) in [5, 5.41) is 13.8. The molecular formula is C35H39NO7. The number of carbonyl (C=O) groups is 1. The minimum absolute atomic E-state index is 0.00414. The van der Waals surface area contributed by atoms with Crippen LogP contribution in [0.3, 0.4) is 0 Å². The van der Waals surface area contributed by atoms with E-state index >= 15 is 0 Å². The molecule has 4 rings (SSSR count). The number of nitrogens with zero attached hydrogens (tertiary/aromatic N) is 1. The van der Waals surface area contributed by atoms with Crippen LogP contribution in [0, 0.1) is 18.8 Å². The second kappa shape index (κ2) is 16.5. The Morgan fingerprint density at radius 3 is 2.51 bits per heavy atom. The van der Waals surface area contributed by atoms with Crippen LogP contribution in [0.4, 0.5) is 0 Å². The fourth-order valence-electron chi connectivity index (χ4n) is 4.41. The average Bonchev–Trinajstić information content (AvgIpc) is 3.03. The first-order valence-electron chi connectivity index (χ1n) is 14.5. The summed E-state index contributed by atoms with van der Waals surface area (Å²) in [6.07, 6.45) is 7.65. The average molecular weight is 586 g/mol. The van der Waals surface area contributed by atoms with E-state index in [1.807, 2.05) is 85.8 Å². The smallest absolute Gasteiger partial charge is 0.306 e. The van der Waals surface area contributed by atoms with Gasteiger partial charge in [0.05, 0.1) is 24.8 Å². The molecule has 43 heavy (non-hydrogen) atoms. The molecule has 2 heterocycles. The Kier molecular flexibility index (Phi) is 12.2. The van der Waals surface area contributed by atoms with Crippen molar-refractivity contribution in [3.63, 3.8) is 0 Å². The number of aliphatic hydroxyl groups excluding tert-OH is 1. The Labute approximate surface area is 253 Å². The van der Waals surface area contributed by atoms with Crippen molar-refractivity contribution >= 4 is 11.7 Å². The molecule has 0 aromatic heterocycles. The number of hydrogen-bond acceptors (Lipinski definition) is 8. The summed E-state index contributed by atoms with van der Waals surface area (Å²) in [5.74, 6) is 6.55. The van der Waals surface area contributed by atoms with Gasteiger partial charge in [-0.05, 0) is 69.2 Å². The fourth-order valence-corrected chi connectivity index (χ4v) is 4.41. The maximum atomic E-state index is 12.7. The molecule has 0 saturated carbocycles. The van der Waals surface area contributed by atoms with Crippen molar-refractivity contribution in [3.05, 3.63) is 103 Å². The van der Waals surface area contributed by atoms with E-state index in [0.29, 0.717) is 24.3 Å². The summed E-state index contributed by atoms with van der Waals surface area (Å²) in [5.41, 5.74) is 2.63. The minimum Gasteiger partial charge on any atom is -0.483 e. The molecule has 1 N–H and O–H groups in total. The van der Waals surface area contributed by atoms with E-state index in [2.05, 4.69) is 23.6 Å². The van der Waals surface area contributed by atoms with Gasteiger partial charge in [0.2, 0.25) is 0 Å². The van der Waals surface area contributed by atoms with Crippen molar-refractivity contribution in [2.75, 3.05) is 13.2 Å². The first-order chi connectivity index (χ1) is 20.9. The number of rotatable bonds is 12. The highest BCUT2D eigenvalue weighted by atomic mass is 16.7. The summed E-state index contributed by atoms with van der Waals surface area (Å²) in [4.78, 5) is 18.2. The van der Waals surface area contributed by atoms with Gasteiger partial charge in [0, 0.05) is 5.56 Å². The molecule has 0 saturated heterocycles. The number of oxime groups is 1. The molecule has 2 aliphatic rings. The zero-order chi connectivity index (χ0) is 30.4. The maximum Gasteiger partial charge on any atom is 0.306 e. The predicted octanol–water partition coefficient (Wildman–Crippen LogP) is 5.09. The number of aryl methyl sites for hydroxylation is 1. The van der Waals surface area contributed by atoms with Crippen molar-refractivity contribution in [1.82, 2.24) is 0 Å².